The highest BCUT2D eigenvalue weighted by atomic mass is 16.6. The molecule has 3 aromatic carbocycles. The Morgan fingerprint density at radius 1 is 0.679 bits per heavy atom. The summed E-state index contributed by atoms with van der Waals surface area (Å²) in [6.07, 6.45) is 9.10. The summed E-state index contributed by atoms with van der Waals surface area (Å²) < 4.78 is 12.0. The minimum atomic E-state index is -1.35. The first-order valence-electron chi connectivity index (χ1n) is 28.6. The second-order valence-corrected chi connectivity index (χ2v) is 21.7. The third-order valence-electron chi connectivity index (χ3n) is 15.7. The van der Waals surface area contributed by atoms with Crippen LogP contribution in [0.25, 0.3) is 10.9 Å². The zero-order chi connectivity index (χ0) is 56.5. The first kappa shape index (κ1) is 57.8. The van der Waals surface area contributed by atoms with Gasteiger partial charge < -0.3 is 62.3 Å². The normalized spacial score (nSPS) is 23.9. The molecule has 0 radical (unpaired) electrons. The van der Waals surface area contributed by atoms with Gasteiger partial charge in [-0.2, -0.15) is 0 Å². The Kier molecular flexibility index (Phi) is 20.3. The van der Waals surface area contributed by atoms with E-state index < -0.39 is 83.9 Å². The topological polar surface area (TPSA) is 283 Å². The van der Waals surface area contributed by atoms with Crippen molar-refractivity contribution in [3.05, 3.63) is 132 Å². The summed E-state index contributed by atoms with van der Waals surface area (Å²) in [5, 5.41) is 21.6. The molecule has 5 heterocycles. The van der Waals surface area contributed by atoms with Crippen LogP contribution in [0.3, 0.4) is 0 Å². The van der Waals surface area contributed by atoms with Crippen LogP contribution in [0.4, 0.5) is 4.79 Å². The summed E-state index contributed by atoms with van der Waals surface area (Å²) in [4.78, 5) is 115. The molecule has 1 saturated carbocycles. The highest BCUT2D eigenvalue weighted by Gasteiger charge is 2.45. The van der Waals surface area contributed by atoms with Crippen molar-refractivity contribution >= 4 is 52.4 Å². The lowest BCUT2D eigenvalue weighted by Gasteiger charge is -2.33. The quantitative estimate of drug-likeness (QED) is 0.0647. The molecule has 10 N–H and O–H groups in total. The Labute approximate surface area is 472 Å². The Morgan fingerprint density at radius 3 is 2.07 bits per heavy atom. The lowest BCUT2D eigenvalue weighted by molar-refractivity contribution is -0.143. The zero-order valence-electron chi connectivity index (χ0n) is 45.7. The van der Waals surface area contributed by atoms with Crippen LogP contribution < -0.4 is 47.7 Å². The molecule has 7 amide bonds. The number of carbonyl (C=O) groups excluding carboxylic acids is 7. The number of para-hydroxylation sites is 1. The van der Waals surface area contributed by atoms with Gasteiger partial charge in [-0.15, -0.1) is 0 Å². The third-order valence-corrected chi connectivity index (χ3v) is 15.7. The molecule has 430 valence electrons. The molecule has 1 aliphatic carbocycles. The highest BCUT2D eigenvalue weighted by Crippen LogP contribution is 2.27. The van der Waals surface area contributed by atoms with Gasteiger partial charge in [0.1, 0.15) is 48.1 Å². The van der Waals surface area contributed by atoms with Gasteiger partial charge in [0, 0.05) is 101 Å². The van der Waals surface area contributed by atoms with Gasteiger partial charge in [0.05, 0.1) is 13.2 Å². The zero-order valence-corrected chi connectivity index (χ0v) is 45.7. The number of hydrogen-bond acceptors (Lipinski definition) is 13. The monoisotopic (exact) mass is 1110 g/mol. The molecule has 7 atom stereocenters. The van der Waals surface area contributed by atoms with Crippen LogP contribution >= 0.6 is 0 Å². The molecular weight excluding hydrogens is 1030 g/mol. The molecule has 5 aromatic rings. The van der Waals surface area contributed by atoms with Gasteiger partial charge in [0.2, 0.25) is 35.4 Å². The van der Waals surface area contributed by atoms with Gasteiger partial charge >= 0.3 is 6.09 Å². The Morgan fingerprint density at radius 2 is 1.33 bits per heavy atom. The van der Waals surface area contributed by atoms with Crippen LogP contribution in [0.15, 0.2) is 110 Å². The largest absolute Gasteiger partial charge is 0.493 e. The van der Waals surface area contributed by atoms with Crippen LogP contribution in [0, 0.1) is 5.92 Å². The average molecular weight is 1110 g/mol. The molecule has 81 heavy (non-hydrogen) atoms. The molecule has 0 bridgehead atoms. The molecule has 3 saturated heterocycles. The van der Waals surface area contributed by atoms with E-state index in [2.05, 4.69) is 47.2 Å². The summed E-state index contributed by atoms with van der Waals surface area (Å²) in [7, 11) is 0. The van der Waals surface area contributed by atoms with Gasteiger partial charge in [0.25, 0.3) is 0 Å². The SMILES string of the molecule is NCCNC(=O)O[C@@H]1C[C@H]2C(=O)N[C@H](CCc3ccccc3)C(=O)N[C@H](Cc3c[nH]c4ccccc34)C(=O)N[C@@H](CN3CCNCC3)C(=O)N[C@@H](Cc3ccc(OCC4CCCCC4)cc3)C(=O)N[C@@H](Cc3cccnc3)C(=O)N2C1. The highest BCUT2D eigenvalue weighted by molar-refractivity contribution is 5.99. The fraction of sp³-hybridized carbons (Fsp3) is 0.467. The molecule has 3 aliphatic heterocycles. The molecule has 21 heteroatoms. The van der Waals surface area contributed by atoms with Crippen molar-refractivity contribution in [3.63, 3.8) is 0 Å². The second kappa shape index (κ2) is 28.5. The number of rotatable bonds is 17. The van der Waals surface area contributed by atoms with E-state index in [4.69, 9.17) is 15.2 Å². The van der Waals surface area contributed by atoms with E-state index in [1.807, 2.05) is 83.8 Å². The first-order valence-corrected chi connectivity index (χ1v) is 28.6. The van der Waals surface area contributed by atoms with Gasteiger partial charge in [-0.25, -0.2) is 4.79 Å². The number of fused-ring (bicyclic) bond motifs is 2. The van der Waals surface area contributed by atoms with E-state index in [0.29, 0.717) is 67.6 Å². The maximum Gasteiger partial charge on any atom is 0.407 e. The standard InChI is InChI=1S/C60H76N12O9/c61-23-25-64-60(79)81-45-33-53-58(77)66-48(22-19-39-10-3-1-4-11-39)54(73)68-50(32-43-35-65-47-16-8-7-15-46(43)47)56(75)70-52(37-71-28-26-62-27-29-71)57(76)67-49(30-40-17-20-44(21-18-40)80-38-41-12-5-2-6-13-41)55(74)69-51(59(78)72(53)36-45)31-42-14-9-24-63-34-42/h1,3-4,7-11,14-18,20-21,24,34-35,41,45,48-53,62,65H,2,5-6,12-13,19,22-23,25-33,36-38,61H2,(H,64,79)(H,66,77)(H,67,76)(H,68,73)(H,69,74)(H,70,75)/t45-,48-,49+,50-,51+,52+,53+/m1/s1. The summed E-state index contributed by atoms with van der Waals surface area (Å²) >= 11 is 0. The Balaban J connectivity index is 1.10. The number of aromatic amines is 1. The maximum absolute atomic E-state index is 15.4. The van der Waals surface area contributed by atoms with Crippen molar-refractivity contribution in [1.29, 1.82) is 0 Å². The number of nitrogens with two attached hydrogens (primary N) is 1. The third kappa shape index (κ3) is 16.2. The Hall–Kier alpha value is -7.88. The van der Waals surface area contributed by atoms with Gasteiger partial charge in [-0.3, -0.25) is 38.7 Å². The fourth-order valence-corrected chi connectivity index (χ4v) is 11.3. The molecule has 9 rings (SSSR count). The van der Waals surface area contributed by atoms with E-state index in [1.54, 1.807) is 30.7 Å². The van der Waals surface area contributed by atoms with Crippen molar-refractivity contribution in [2.75, 3.05) is 59.0 Å². The van der Waals surface area contributed by atoms with Crippen molar-refractivity contribution in [2.24, 2.45) is 11.7 Å². The number of hydrogen-bond donors (Lipinski definition) is 9. The summed E-state index contributed by atoms with van der Waals surface area (Å²) in [5.74, 6) is -2.97. The molecular formula is C60H76N12O9. The van der Waals surface area contributed by atoms with E-state index in [-0.39, 0.29) is 58.3 Å². The molecule has 0 spiro atoms. The smallest absolute Gasteiger partial charge is 0.407 e. The average Bonchev–Trinajstić information content (AvgIpc) is 4.11. The number of ether oxygens (including phenoxy) is 2. The predicted molar refractivity (Wildman–Crippen MR) is 303 cm³/mol. The van der Waals surface area contributed by atoms with Crippen molar-refractivity contribution < 1.29 is 43.0 Å². The number of nitrogens with one attached hydrogen (secondary N) is 8. The van der Waals surface area contributed by atoms with Crippen molar-refractivity contribution in [1.82, 2.24) is 57.0 Å². The number of piperazine rings is 1. The molecule has 4 fully saturated rings. The van der Waals surface area contributed by atoms with Gasteiger partial charge in [0.15, 0.2) is 0 Å². The van der Waals surface area contributed by atoms with E-state index in [0.717, 1.165) is 29.3 Å². The van der Waals surface area contributed by atoms with E-state index in [9.17, 15) is 4.79 Å². The van der Waals surface area contributed by atoms with Crippen molar-refractivity contribution in [2.45, 2.75) is 113 Å². The number of nitrogens with zero attached hydrogens (tertiary/aromatic N) is 3. The van der Waals surface area contributed by atoms with Crippen LogP contribution in [-0.2, 0) is 59.2 Å². The minimum Gasteiger partial charge on any atom is -0.493 e. The van der Waals surface area contributed by atoms with Gasteiger partial charge in [-0.1, -0.05) is 86.0 Å². The minimum absolute atomic E-state index is 0.0111. The van der Waals surface area contributed by atoms with E-state index >= 15 is 28.8 Å². The van der Waals surface area contributed by atoms with Crippen LogP contribution in [-0.4, -0.2) is 163 Å². The first-order chi connectivity index (χ1) is 39.5. The number of aryl methyl sites for hydroxylation is 1. The van der Waals surface area contributed by atoms with Crippen LogP contribution in [0.2, 0.25) is 0 Å². The van der Waals surface area contributed by atoms with Crippen molar-refractivity contribution in [3.8, 4) is 5.75 Å². The van der Waals surface area contributed by atoms with Crippen LogP contribution in [0.1, 0.15) is 67.2 Å². The lowest BCUT2D eigenvalue weighted by Crippen LogP contribution is -2.63. The number of aromatic nitrogens is 2. The summed E-state index contributed by atoms with van der Waals surface area (Å²) in [6.45, 7) is 3.08. The van der Waals surface area contributed by atoms with Gasteiger partial charge in [-0.05, 0) is 78.1 Å². The molecule has 2 aromatic heterocycles. The molecule has 4 aliphatic rings. The number of carbonyl (C=O) groups is 7. The predicted octanol–water partition coefficient (Wildman–Crippen LogP) is 2.18. The number of H-pyrrole nitrogens is 1. The fourth-order valence-electron chi connectivity index (χ4n) is 11.3. The van der Waals surface area contributed by atoms with E-state index in [1.165, 1.54) is 24.2 Å². The second-order valence-electron chi connectivity index (χ2n) is 21.7. The molecule has 0 unspecified atom stereocenters. The lowest BCUT2D eigenvalue weighted by atomic mass is 9.90. The summed E-state index contributed by atoms with van der Waals surface area (Å²) in [5.41, 5.74) is 9.32. The summed E-state index contributed by atoms with van der Waals surface area (Å²) in [6, 6.07) is 20.0. The number of alkyl carbamates (subject to hydrolysis) is 1. The number of amides is 7. The number of benzene rings is 3. The maximum atomic E-state index is 15.4. The van der Waals surface area contributed by atoms with Crippen LogP contribution in [0.5, 0.6) is 5.75 Å². The Bertz CT molecular complexity index is 2920. The molecule has 21 nitrogen and oxygen atoms in total. The number of pyridine rings is 1.